The summed E-state index contributed by atoms with van der Waals surface area (Å²) in [7, 11) is -5.17. The van der Waals surface area contributed by atoms with Crippen LogP contribution in [0, 0.1) is 0 Å². The predicted octanol–water partition coefficient (Wildman–Crippen LogP) is -2.63. The zero-order chi connectivity index (χ0) is 4.50. The summed E-state index contributed by atoms with van der Waals surface area (Å²) in [5.41, 5.74) is 0. The van der Waals surface area contributed by atoms with E-state index in [0.29, 0.717) is 0 Å². The number of hydrogen-bond acceptors (Lipinski definition) is 4. The van der Waals surface area contributed by atoms with Crippen molar-refractivity contribution >= 4 is 75.4 Å². The third-order valence-electron chi connectivity index (χ3n) is 0. The molecule has 0 aliphatic rings. The van der Waals surface area contributed by atoms with Gasteiger partial charge in [-0.15, -0.1) is 0 Å². The molecule has 0 fully saturated rings. The van der Waals surface area contributed by atoms with Crippen molar-refractivity contribution in [3.8, 4) is 0 Å². The molecule has 0 rings (SSSR count). The molecule has 0 heterocycles. The van der Waals surface area contributed by atoms with Crippen molar-refractivity contribution in [3.63, 3.8) is 0 Å². The minimum absolute atomic E-state index is 0. The van der Waals surface area contributed by atoms with Crippen LogP contribution in [0.3, 0.4) is 0 Å². The molecule has 0 atom stereocenters. The van der Waals surface area contributed by atoms with E-state index in [0.717, 1.165) is 0 Å². The van der Waals surface area contributed by atoms with Crippen LogP contribution in [0.4, 0.5) is 0 Å². The average Bonchev–Trinajstić information content (AvgIpc) is 0.722. The van der Waals surface area contributed by atoms with Crippen LogP contribution in [0.1, 0.15) is 0 Å². The molecule has 0 unspecified atom stereocenters. The van der Waals surface area contributed by atoms with Crippen molar-refractivity contribution in [2.24, 2.45) is 0 Å². The van der Waals surface area contributed by atoms with E-state index < -0.39 is 10.4 Å². The van der Waals surface area contributed by atoms with Crippen LogP contribution in [-0.4, -0.2) is 82.6 Å². The van der Waals surface area contributed by atoms with Gasteiger partial charge in [-0.1, -0.05) is 0 Å². The van der Waals surface area contributed by atoms with Crippen molar-refractivity contribution in [3.05, 3.63) is 0 Å². The van der Waals surface area contributed by atoms with Crippen molar-refractivity contribution in [1.82, 2.24) is 0 Å². The molecule has 0 aliphatic heterocycles. The molecule has 0 aromatic rings. The summed E-state index contributed by atoms with van der Waals surface area (Å²) in [5.74, 6) is 0. The second-order valence-corrected chi connectivity index (χ2v) is 1.22. The maximum absolute atomic E-state index is 8.52. The zero-order valence-electron chi connectivity index (χ0n) is 3.46. The Hall–Kier alpha value is 2.05. The molecule has 4 nitrogen and oxygen atoms in total. The summed E-state index contributed by atoms with van der Waals surface area (Å²) in [5, 5.41) is 0. The Labute approximate surface area is 91.4 Å². The molecular formula is H2CaO4PbS. The Balaban J connectivity index is -0.0000000800. The molecule has 38 valence electrons. The van der Waals surface area contributed by atoms with Gasteiger partial charge in [0.2, 0.25) is 0 Å². The van der Waals surface area contributed by atoms with Gasteiger partial charge in [0.1, 0.15) is 0 Å². The molecule has 0 aromatic heterocycles. The minimum atomic E-state index is -5.17. The Kier molecular flexibility index (Phi) is 14.1. The third kappa shape index (κ3) is 70.0. The molecule has 2 radical (unpaired) electrons. The second-order valence-electron chi connectivity index (χ2n) is 0.408. The standard InChI is InChI=1S/Ca.H2O4S.Pb.2H/c;1-5(2,3)4;;;/h;(H2,1,2,3,4);;;/q+2;;;;/p-2. The molecule has 0 aliphatic carbocycles. The van der Waals surface area contributed by atoms with E-state index in [1.54, 1.807) is 0 Å². The van der Waals surface area contributed by atoms with Crippen molar-refractivity contribution in [2.75, 3.05) is 0 Å². The normalized spacial score (nSPS) is 8.29. The van der Waals surface area contributed by atoms with Gasteiger partial charge in [-0.25, -0.2) is 0 Å². The van der Waals surface area contributed by atoms with E-state index in [1.165, 1.54) is 0 Å². The van der Waals surface area contributed by atoms with Gasteiger partial charge in [0, 0.05) is 10.4 Å². The SMILES string of the molecule is O=S(=O)([O-])[O-].[Ca+2].[PbH2]. The Morgan fingerprint density at radius 2 is 1.14 bits per heavy atom. The zero-order valence-corrected chi connectivity index (χ0v) is 12.0. The second kappa shape index (κ2) is 6.18. The van der Waals surface area contributed by atoms with Crippen LogP contribution in [0.25, 0.3) is 0 Å². The van der Waals surface area contributed by atoms with Crippen molar-refractivity contribution < 1.29 is 17.5 Å². The van der Waals surface area contributed by atoms with E-state index in [1.807, 2.05) is 0 Å². The molecule has 0 spiro atoms. The Morgan fingerprint density at radius 3 is 1.14 bits per heavy atom. The fourth-order valence-electron chi connectivity index (χ4n) is 0. The first-order chi connectivity index (χ1) is 2.00. The van der Waals surface area contributed by atoms with Gasteiger partial charge in [-0.05, 0) is 0 Å². The molecule has 7 heteroatoms. The molecule has 0 N–H and O–H groups in total. The van der Waals surface area contributed by atoms with Crippen LogP contribution in [0.5, 0.6) is 0 Å². The quantitative estimate of drug-likeness (QED) is 0.273. The molecule has 0 bridgehead atoms. The Morgan fingerprint density at radius 1 is 1.14 bits per heavy atom. The summed E-state index contributed by atoms with van der Waals surface area (Å²) in [6.07, 6.45) is 0. The summed E-state index contributed by atoms with van der Waals surface area (Å²) >= 11 is 0. The summed E-state index contributed by atoms with van der Waals surface area (Å²) in [4.78, 5) is 0. The van der Waals surface area contributed by atoms with E-state index >= 15 is 0 Å². The first kappa shape index (κ1) is 16.0. The Bertz CT molecular complexity index is 94.9. The average molecular weight is 345 g/mol. The van der Waals surface area contributed by atoms with Gasteiger partial charge in [0.05, 0.1) is 0 Å². The van der Waals surface area contributed by atoms with E-state index in [-0.39, 0.29) is 65.0 Å². The molecule has 7 heavy (non-hydrogen) atoms. The van der Waals surface area contributed by atoms with Gasteiger partial charge >= 0.3 is 65.0 Å². The molecule has 0 saturated heterocycles. The van der Waals surface area contributed by atoms with Crippen LogP contribution >= 0.6 is 0 Å². The van der Waals surface area contributed by atoms with Crippen molar-refractivity contribution in [1.29, 1.82) is 0 Å². The monoisotopic (exact) mass is 346 g/mol. The van der Waals surface area contributed by atoms with Gasteiger partial charge in [-0.2, -0.15) is 0 Å². The molecule has 0 amide bonds. The van der Waals surface area contributed by atoms with Gasteiger partial charge < -0.3 is 9.11 Å². The van der Waals surface area contributed by atoms with E-state index in [9.17, 15) is 0 Å². The predicted molar refractivity (Wildman–Crippen MR) is 24.8 cm³/mol. The topological polar surface area (TPSA) is 80.3 Å². The summed E-state index contributed by atoms with van der Waals surface area (Å²) in [6.45, 7) is 0. The van der Waals surface area contributed by atoms with Gasteiger partial charge in [-0.3, -0.25) is 8.42 Å². The maximum atomic E-state index is 8.52. The van der Waals surface area contributed by atoms with Gasteiger partial charge in [0.15, 0.2) is 0 Å². The number of hydrogen-bond donors (Lipinski definition) is 0. The summed E-state index contributed by atoms with van der Waals surface area (Å²) in [6, 6.07) is 0. The van der Waals surface area contributed by atoms with Crippen LogP contribution in [-0.2, 0) is 10.4 Å². The van der Waals surface area contributed by atoms with Crippen LogP contribution < -0.4 is 0 Å². The summed E-state index contributed by atoms with van der Waals surface area (Å²) < 4.78 is 34.1. The van der Waals surface area contributed by atoms with E-state index in [2.05, 4.69) is 0 Å². The first-order valence-corrected chi connectivity index (χ1v) is 2.00. The molecule has 0 aromatic carbocycles. The number of rotatable bonds is 0. The fraction of sp³-hybridized carbons (Fsp3) is 0. The first-order valence-electron chi connectivity index (χ1n) is 0.667. The molecular weight excluding hydrogens is 343 g/mol. The van der Waals surface area contributed by atoms with Gasteiger partial charge in [0.25, 0.3) is 0 Å². The van der Waals surface area contributed by atoms with Crippen molar-refractivity contribution in [2.45, 2.75) is 0 Å². The van der Waals surface area contributed by atoms with Crippen LogP contribution in [0.15, 0.2) is 0 Å². The third-order valence-corrected chi connectivity index (χ3v) is 0. The van der Waals surface area contributed by atoms with E-state index in [4.69, 9.17) is 17.5 Å². The van der Waals surface area contributed by atoms with Crippen LogP contribution in [0.2, 0.25) is 0 Å². The molecule has 0 saturated carbocycles. The fourth-order valence-corrected chi connectivity index (χ4v) is 0.